The SMILES string of the molecule is Cn1cc(C(C(=O)O)N2C[C@H]3C[C@H](C2)c2cccc(=O)n2C3)c2cc(C(=O)O)ccc21. The number of aromatic carboxylic acids is 1. The predicted molar refractivity (Wildman–Crippen MR) is 113 cm³/mol. The summed E-state index contributed by atoms with van der Waals surface area (Å²) in [5, 5.41) is 20.2. The Bertz CT molecular complexity index is 1270. The average molecular weight is 421 g/mol. The quantitative estimate of drug-likeness (QED) is 0.670. The van der Waals surface area contributed by atoms with E-state index in [1.54, 1.807) is 30.5 Å². The zero-order valence-corrected chi connectivity index (χ0v) is 17.1. The first-order chi connectivity index (χ1) is 14.8. The highest BCUT2D eigenvalue weighted by atomic mass is 16.4. The third-order valence-corrected chi connectivity index (χ3v) is 6.67. The molecule has 5 rings (SSSR count). The van der Waals surface area contributed by atoms with Crippen molar-refractivity contribution in [2.24, 2.45) is 13.0 Å². The number of rotatable bonds is 4. The summed E-state index contributed by atoms with van der Waals surface area (Å²) in [6.07, 6.45) is 2.73. The Kier molecular flexibility index (Phi) is 4.48. The number of likely N-dealkylation sites (tertiary alicyclic amines) is 1. The molecule has 0 aliphatic carbocycles. The molecule has 8 heteroatoms. The van der Waals surface area contributed by atoms with Crippen molar-refractivity contribution < 1.29 is 19.8 Å². The number of nitrogens with zero attached hydrogens (tertiary/aromatic N) is 3. The fraction of sp³-hybridized carbons (Fsp3) is 0.348. The van der Waals surface area contributed by atoms with Gasteiger partial charge in [-0.25, -0.2) is 4.79 Å². The van der Waals surface area contributed by atoms with Gasteiger partial charge in [0.1, 0.15) is 6.04 Å². The molecule has 0 spiro atoms. The molecule has 2 aliphatic heterocycles. The number of aromatic nitrogens is 2. The van der Waals surface area contributed by atoms with E-state index in [9.17, 15) is 24.6 Å². The number of aliphatic carboxylic acids is 1. The second-order valence-electron chi connectivity index (χ2n) is 8.63. The number of benzene rings is 1. The van der Waals surface area contributed by atoms with Crippen LogP contribution in [0.4, 0.5) is 0 Å². The lowest BCUT2D eigenvalue weighted by atomic mass is 9.82. The summed E-state index contributed by atoms with van der Waals surface area (Å²) in [5.74, 6) is -1.72. The number of aryl methyl sites for hydroxylation is 1. The highest BCUT2D eigenvalue weighted by Gasteiger charge is 2.40. The Morgan fingerprint density at radius 1 is 1.10 bits per heavy atom. The number of carboxylic acids is 2. The van der Waals surface area contributed by atoms with Crippen LogP contribution in [0.25, 0.3) is 10.9 Å². The molecule has 160 valence electrons. The van der Waals surface area contributed by atoms with E-state index >= 15 is 0 Å². The molecule has 3 atom stereocenters. The van der Waals surface area contributed by atoms with Gasteiger partial charge in [-0.3, -0.25) is 14.5 Å². The Morgan fingerprint density at radius 2 is 1.90 bits per heavy atom. The Morgan fingerprint density at radius 3 is 2.65 bits per heavy atom. The van der Waals surface area contributed by atoms with Crippen molar-refractivity contribution in [3.8, 4) is 0 Å². The fourth-order valence-electron chi connectivity index (χ4n) is 5.40. The summed E-state index contributed by atoms with van der Waals surface area (Å²) in [5.41, 5.74) is 2.47. The molecule has 2 aromatic heterocycles. The van der Waals surface area contributed by atoms with Gasteiger partial charge in [-0.15, -0.1) is 0 Å². The summed E-state index contributed by atoms with van der Waals surface area (Å²) in [4.78, 5) is 38.2. The van der Waals surface area contributed by atoms with Gasteiger partial charge in [0.2, 0.25) is 0 Å². The topological polar surface area (TPSA) is 105 Å². The maximum Gasteiger partial charge on any atom is 0.335 e. The van der Waals surface area contributed by atoms with Gasteiger partial charge in [0.05, 0.1) is 5.56 Å². The predicted octanol–water partition coefficient (Wildman–Crippen LogP) is 2.28. The molecule has 2 aliphatic rings. The van der Waals surface area contributed by atoms with Gasteiger partial charge in [-0.05, 0) is 36.6 Å². The third-order valence-electron chi connectivity index (χ3n) is 6.67. The zero-order chi connectivity index (χ0) is 21.9. The molecule has 3 aromatic rings. The minimum absolute atomic E-state index is 0.00862. The van der Waals surface area contributed by atoms with E-state index in [0.717, 1.165) is 17.6 Å². The first kappa shape index (κ1) is 19.6. The molecule has 1 unspecified atom stereocenters. The van der Waals surface area contributed by atoms with Crippen molar-refractivity contribution >= 4 is 22.8 Å². The van der Waals surface area contributed by atoms with Crippen LogP contribution in [0.2, 0.25) is 0 Å². The molecule has 0 saturated carbocycles. The van der Waals surface area contributed by atoms with Crippen molar-refractivity contribution in [2.75, 3.05) is 13.1 Å². The van der Waals surface area contributed by atoms with Gasteiger partial charge in [-0.2, -0.15) is 0 Å². The molecule has 1 aromatic carbocycles. The lowest BCUT2D eigenvalue weighted by Crippen LogP contribution is -2.49. The van der Waals surface area contributed by atoms with Gasteiger partial charge >= 0.3 is 11.9 Å². The van der Waals surface area contributed by atoms with E-state index in [1.807, 2.05) is 27.1 Å². The van der Waals surface area contributed by atoms with Crippen LogP contribution in [0.3, 0.4) is 0 Å². The van der Waals surface area contributed by atoms with E-state index < -0.39 is 18.0 Å². The monoisotopic (exact) mass is 421 g/mol. The van der Waals surface area contributed by atoms with Crippen molar-refractivity contribution in [3.05, 3.63) is 69.8 Å². The fourth-order valence-corrected chi connectivity index (χ4v) is 5.40. The summed E-state index contributed by atoms with van der Waals surface area (Å²) >= 11 is 0. The van der Waals surface area contributed by atoms with Crippen LogP contribution in [0.5, 0.6) is 0 Å². The van der Waals surface area contributed by atoms with Gasteiger partial charge < -0.3 is 19.3 Å². The van der Waals surface area contributed by atoms with E-state index in [1.165, 1.54) is 6.07 Å². The first-order valence-corrected chi connectivity index (χ1v) is 10.3. The molecule has 1 fully saturated rings. The van der Waals surface area contributed by atoms with Crippen molar-refractivity contribution in [2.45, 2.75) is 24.9 Å². The van der Waals surface area contributed by atoms with E-state index in [2.05, 4.69) is 0 Å². The molecular formula is C23H23N3O5. The van der Waals surface area contributed by atoms with Crippen molar-refractivity contribution in [1.82, 2.24) is 14.0 Å². The largest absolute Gasteiger partial charge is 0.480 e. The Balaban J connectivity index is 1.58. The molecule has 0 radical (unpaired) electrons. The molecule has 0 amide bonds. The highest BCUT2D eigenvalue weighted by Crippen LogP contribution is 2.40. The van der Waals surface area contributed by atoms with Crippen LogP contribution < -0.4 is 5.56 Å². The number of pyridine rings is 1. The maximum atomic E-state index is 12.5. The molecule has 31 heavy (non-hydrogen) atoms. The van der Waals surface area contributed by atoms with Crippen LogP contribution in [-0.4, -0.2) is 49.3 Å². The van der Waals surface area contributed by atoms with E-state index in [4.69, 9.17) is 0 Å². The van der Waals surface area contributed by atoms with Crippen LogP contribution in [0.15, 0.2) is 47.4 Å². The zero-order valence-electron chi connectivity index (χ0n) is 17.1. The van der Waals surface area contributed by atoms with Crippen LogP contribution >= 0.6 is 0 Å². The smallest absolute Gasteiger partial charge is 0.335 e. The summed E-state index contributed by atoms with van der Waals surface area (Å²) in [7, 11) is 1.83. The third kappa shape index (κ3) is 3.14. The summed E-state index contributed by atoms with van der Waals surface area (Å²) < 4.78 is 3.66. The Hall–Kier alpha value is -3.39. The van der Waals surface area contributed by atoms with Gasteiger partial charge in [-0.1, -0.05) is 6.07 Å². The molecule has 1 saturated heterocycles. The molecular weight excluding hydrogens is 398 g/mol. The first-order valence-electron chi connectivity index (χ1n) is 10.3. The summed E-state index contributed by atoms with van der Waals surface area (Å²) in [6, 6.07) is 9.21. The van der Waals surface area contributed by atoms with Gasteiger partial charge in [0.25, 0.3) is 5.56 Å². The maximum absolute atomic E-state index is 12.5. The normalized spacial score (nSPS) is 21.6. The van der Waals surface area contributed by atoms with E-state index in [-0.39, 0.29) is 23.0 Å². The number of piperidine rings is 1. The summed E-state index contributed by atoms with van der Waals surface area (Å²) in [6.45, 7) is 1.70. The Labute approximate surface area is 177 Å². The number of hydrogen-bond acceptors (Lipinski definition) is 4. The molecule has 8 nitrogen and oxygen atoms in total. The lowest BCUT2D eigenvalue weighted by molar-refractivity contribution is -0.144. The number of hydrogen-bond donors (Lipinski definition) is 2. The number of carboxylic acid groups (broad SMARTS) is 2. The van der Waals surface area contributed by atoms with E-state index in [0.29, 0.717) is 30.6 Å². The average Bonchev–Trinajstić information content (AvgIpc) is 3.04. The minimum atomic E-state index is -1.04. The number of carbonyl (C=O) groups is 2. The second kappa shape index (κ2) is 7.09. The van der Waals surface area contributed by atoms with Crippen LogP contribution in [-0.2, 0) is 18.4 Å². The highest BCUT2D eigenvalue weighted by molar-refractivity contribution is 5.96. The minimum Gasteiger partial charge on any atom is -0.480 e. The van der Waals surface area contributed by atoms with Crippen LogP contribution in [0, 0.1) is 5.92 Å². The molecule has 2 N–H and O–H groups in total. The molecule has 4 heterocycles. The van der Waals surface area contributed by atoms with Gasteiger partial charge in [0, 0.05) is 67.0 Å². The molecule has 2 bridgehead atoms. The van der Waals surface area contributed by atoms with Crippen molar-refractivity contribution in [1.29, 1.82) is 0 Å². The van der Waals surface area contributed by atoms with Crippen LogP contribution in [0.1, 0.15) is 40.0 Å². The van der Waals surface area contributed by atoms with Gasteiger partial charge in [0.15, 0.2) is 0 Å². The lowest BCUT2D eigenvalue weighted by Gasteiger charge is -2.44. The standard InChI is InChI=1S/C23H23N3O5/c1-24-12-17(16-8-14(22(28)29)5-6-19(16)24)21(23(30)31)25-9-13-7-15(11-25)18-3-2-4-20(27)26(18)10-13/h2-6,8,12-13,15,21H,7,9-11H2,1H3,(H,28,29)(H,30,31)/t13-,15-,21?/m1/s1. The second-order valence-corrected chi connectivity index (χ2v) is 8.63. The van der Waals surface area contributed by atoms with Crippen molar-refractivity contribution in [3.63, 3.8) is 0 Å². The number of fused-ring (bicyclic) bond motifs is 5.